The van der Waals surface area contributed by atoms with Crippen LogP contribution in [0.1, 0.15) is 0 Å². The number of rotatable bonds is 4. The maximum atomic E-state index is 11.1. The van der Waals surface area contributed by atoms with E-state index in [1.165, 1.54) is 0 Å². The number of amides is 4. The summed E-state index contributed by atoms with van der Waals surface area (Å²) >= 11 is 1.02. The quantitative estimate of drug-likeness (QED) is 0.458. The van der Waals surface area contributed by atoms with Crippen molar-refractivity contribution >= 4 is 47.2 Å². The van der Waals surface area contributed by atoms with E-state index in [2.05, 4.69) is 0 Å². The van der Waals surface area contributed by atoms with Crippen LogP contribution in [0.4, 0.5) is 0 Å². The van der Waals surface area contributed by atoms with Gasteiger partial charge in [-0.3, -0.25) is 19.2 Å². The van der Waals surface area contributed by atoms with Crippen LogP contribution >= 0.6 is 23.5 Å². The molecular formula is C8H8N4O4S2. The SMILES string of the molecule is NC(=O)C1=C(C(N)=O)SC(C(N)=O)=C(C(N)=O)S1. The number of carbonyl (C=O) groups excluding carboxylic acids is 4. The van der Waals surface area contributed by atoms with E-state index in [4.69, 9.17) is 22.9 Å². The summed E-state index contributed by atoms with van der Waals surface area (Å²) in [6.45, 7) is 0. The molecule has 0 saturated carbocycles. The zero-order valence-electron chi connectivity index (χ0n) is 8.76. The van der Waals surface area contributed by atoms with Crippen LogP contribution in [0.2, 0.25) is 0 Å². The second-order valence-corrected chi connectivity index (χ2v) is 5.02. The highest BCUT2D eigenvalue weighted by Gasteiger charge is 2.32. The standard InChI is InChI=1S/C8H8N4O4S2/c9-5(13)1-2(6(10)14)18-4(8(12)16)3(17-1)7(11)15/h(H2,9,13)(H2,10,14)(H2,11,15)(H2,12,16). The van der Waals surface area contributed by atoms with Crippen molar-refractivity contribution in [1.82, 2.24) is 0 Å². The molecule has 0 radical (unpaired) electrons. The molecule has 1 heterocycles. The van der Waals surface area contributed by atoms with Gasteiger partial charge in [0.25, 0.3) is 23.6 Å². The molecule has 96 valence electrons. The Morgan fingerprint density at radius 3 is 0.833 bits per heavy atom. The van der Waals surface area contributed by atoms with Crippen molar-refractivity contribution in [3.8, 4) is 0 Å². The molecule has 1 aliphatic heterocycles. The molecule has 18 heavy (non-hydrogen) atoms. The summed E-state index contributed by atoms with van der Waals surface area (Å²) in [5.74, 6) is -3.82. The maximum absolute atomic E-state index is 11.1. The van der Waals surface area contributed by atoms with Crippen molar-refractivity contribution < 1.29 is 19.2 Å². The predicted octanol–water partition coefficient (Wildman–Crippen LogP) is -2.17. The molecule has 10 heteroatoms. The molecule has 0 aromatic heterocycles. The molecule has 0 spiro atoms. The first-order valence-corrected chi connectivity index (χ1v) is 5.92. The van der Waals surface area contributed by atoms with Crippen molar-refractivity contribution in [2.24, 2.45) is 22.9 Å². The van der Waals surface area contributed by atoms with Gasteiger partial charge in [0.2, 0.25) is 0 Å². The normalized spacial score (nSPS) is 15.6. The minimum absolute atomic E-state index is 0.244. The lowest BCUT2D eigenvalue weighted by Crippen LogP contribution is -2.27. The number of primary amides is 4. The van der Waals surface area contributed by atoms with Crippen LogP contribution in [0.3, 0.4) is 0 Å². The van der Waals surface area contributed by atoms with Crippen LogP contribution in [-0.4, -0.2) is 23.6 Å². The Bertz CT molecular complexity index is 445. The van der Waals surface area contributed by atoms with E-state index >= 15 is 0 Å². The van der Waals surface area contributed by atoms with Crippen LogP contribution < -0.4 is 22.9 Å². The molecule has 0 saturated heterocycles. The minimum Gasteiger partial charge on any atom is -0.365 e. The summed E-state index contributed by atoms with van der Waals surface area (Å²) in [5.41, 5.74) is 20.2. The van der Waals surface area contributed by atoms with Gasteiger partial charge in [-0.25, -0.2) is 0 Å². The van der Waals surface area contributed by atoms with Crippen LogP contribution in [0.25, 0.3) is 0 Å². The molecule has 8 N–H and O–H groups in total. The molecule has 8 nitrogen and oxygen atoms in total. The fraction of sp³-hybridized carbons (Fsp3) is 0. The third-order valence-corrected chi connectivity index (χ3v) is 4.41. The zero-order valence-corrected chi connectivity index (χ0v) is 10.4. The third kappa shape index (κ3) is 2.65. The number of hydrogen-bond acceptors (Lipinski definition) is 6. The summed E-state index contributed by atoms with van der Waals surface area (Å²) in [4.78, 5) is 43.6. The van der Waals surface area contributed by atoms with E-state index in [0.717, 1.165) is 0 Å². The van der Waals surface area contributed by atoms with Gasteiger partial charge < -0.3 is 22.9 Å². The number of thioether (sulfide) groups is 2. The Balaban J connectivity index is 3.35. The topological polar surface area (TPSA) is 172 Å². The molecule has 0 bridgehead atoms. The van der Waals surface area contributed by atoms with Gasteiger partial charge >= 0.3 is 0 Å². The van der Waals surface area contributed by atoms with Gasteiger partial charge in [0.05, 0.1) is 19.6 Å². The van der Waals surface area contributed by atoms with Gasteiger partial charge in [0.15, 0.2) is 0 Å². The maximum Gasteiger partial charge on any atom is 0.256 e. The van der Waals surface area contributed by atoms with E-state index < -0.39 is 23.6 Å². The summed E-state index contributed by atoms with van der Waals surface area (Å²) in [7, 11) is 0. The number of nitrogens with two attached hydrogens (primary N) is 4. The molecule has 4 amide bonds. The van der Waals surface area contributed by atoms with E-state index in [0.29, 0.717) is 23.5 Å². The van der Waals surface area contributed by atoms with Crippen molar-refractivity contribution in [3.63, 3.8) is 0 Å². The van der Waals surface area contributed by atoms with Crippen LogP contribution in [0.15, 0.2) is 19.6 Å². The van der Waals surface area contributed by atoms with Crippen LogP contribution in [0, 0.1) is 0 Å². The first kappa shape index (κ1) is 14.1. The third-order valence-electron chi connectivity index (χ3n) is 1.72. The van der Waals surface area contributed by atoms with Crippen molar-refractivity contribution in [2.75, 3.05) is 0 Å². The lowest BCUT2D eigenvalue weighted by Gasteiger charge is -2.18. The number of carbonyl (C=O) groups is 4. The van der Waals surface area contributed by atoms with Gasteiger partial charge in [-0.1, -0.05) is 23.5 Å². The summed E-state index contributed by atoms with van der Waals surface area (Å²) < 4.78 is 0. The van der Waals surface area contributed by atoms with Crippen molar-refractivity contribution in [3.05, 3.63) is 19.6 Å². The zero-order chi connectivity index (χ0) is 14.0. The molecule has 1 aliphatic rings. The molecule has 0 fully saturated rings. The second kappa shape index (κ2) is 5.14. The fourth-order valence-corrected chi connectivity index (χ4v) is 3.12. The lowest BCUT2D eigenvalue weighted by molar-refractivity contribution is -0.116. The Hall–Kier alpha value is -1.94. The minimum atomic E-state index is -0.955. The summed E-state index contributed by atoms with van der Waals surface area (Å²) in [5, 5.41) is 0. The smallest absolute Gasteiger partial charge is 0.256 e. The Morgan fingerprint density at radius 1 is 0.556 bits per heavy atom. The first-order valence-electron chi connectivity index (χ1n) is 4.29. The second-order valence-electron chi connectivity index (χ2n) is 2.98. The highest BCUT2D eigenvalue weighted by Crippen LogP contribution is 2.44. The molecular weight excluding hydrogens is 280 g/mol. The van der Waals surface area contributed by atoms with Crippen molar-refractivity contribution in [2.45, 2.75) is 0 Å². The van der Waals surface area contributed by atoms with Gasteiger partial charge in [-0.2, -0.15) is 0 Å². The van der Waals surface area contributed by atoms with Crippen LogP contribution in [0.5, 0.6) is 0 Å². The van der Waals surface area contributed by atoms with E-state index in [9.17, 15) is 19.2 Å². The van der Waals surface area contributed by atoms with Gasteiger partial charge in [0.1, 0.15) is 0 Å². The Morgan fingerprint density at radius 2 is 0.722 bits per heavy atom. The lowest BCUT2D eigenvalue weighted by atomic mass is 10.4. The largest absolute Gasteiger partial charge is 0.365 e. The van der Waals surface area contributed by atoms with E-state index in [1.54, 1.807) is 0 Å². The van der Waals surface area contributed by atoms with E-state index in [-0.39, 0.29) is 19.6 Å². The molecule has 0 atom stereocenters. The van der Waals surface area contributed by atoms with Crippen molar-refractivity contribution in [1.29, 1.82) is 0 Å². The molecule has 1 rings (SSSR count). The van der Waals surface area contributed by atoms with Gasteiger partial charge in [-0.05, 0) is 0 Å². The predicted molar refractivity (Wildman–Crippen MR) is 66.0 cm³/mol. The van der Waals surface area contributed by atoms with Gasteiger partial charge in [-0.15, -0.1) is 0 Å². The highest BCUT2D eigenvalue weighted by atomic mass is 32.2. The molecule has 0 unspecified atom stereocenters. The Kier molecular flexibility index (Phi) is 4.03. The average Bonchev–Trinajstić information content (AvgIpc) is 2.26. The molecule has 0 aromatic rings. The monoisotopic (exact) mass is 288 g/mol. The average molecular weight is 288 g/mol. The molecule has 0 aliphatic carbocycles. The van der Waals surface area contributed by atoms with Gasteiger partial charge in [0, 0.05) is 0 Å². The highest BCUT2D eigenvalue weighted by molar-refractivity contribution is 8.15. The van der Waals surface area contributed by atoms with Crippen LogP contribution in [-0.2, 0) is 19.2 Å². The molecule has 0 aromatic carbocycles. The fourth-order valence-electron chi connectivity index (χ4n) is 1.04. The first-order chi connectivity index (χ1) is 8.25. The summed E-state index contributed by atoms with van der Waals surface area (Å²) in [6.07, 6.45) is 0. The summed E-state index contributed by atoms with van der Waals surface area (Å²) in [6, 6.07) is 0. The van der Waals surface area contributed by atoms with E-state index in [1.807, 2.05) is 0 Å². The Labute approximate surface area is 109 Å². The number of hydrogen-bond donors (Lipinski definition) is 4.